The van der Waals surface area contributed by atoms with Crippen LogP contribution in [0.3, 0.4) is 0 Å². The Morgan fingerprint density at radius 1 is 0.895 bits per heavy atom. The zero-order chi connectivity index (χ0) is 26.1. The molecule has 2 N–H and O–H groups in total. The van der Waals surface area contributed by atoms with Gasteiger partial charge in [0.25, 0.3) is 0 Å². The number of piperidine rings is 1. The molecule has 4 aromatic rings. The number of benzene rings is 1. The van der Waals surface area contributed by atoms with Gasteiger partial charge in [0.15, 0.2) is 5.65 Å². The van der Waals surface area contributed by atoms with Crippen LogP contribution in [0.4, 0.5) is 17.1 Å². The summed E-state index contributed by atoms with van der Waals surface area (Å²) in [6, 6.07) is 13.8. The molecule has 5 heterocycles. The predicted molar refractivity (Wildman–Crippen MR) is 156 cm³/mol. The monoisotopic (exact) mass is 530 g/mol. The second kappa shape index (κ2) is 10.8. The molecule has 2 saturated heterocycles. The van der Waals surface area contributed by atoms with E-state index in [1.807, 2.05) is 12.4 Å². The number of aromatic amines is 1. The third kappa shape index (κ3) is 5.15. The number of nitrogens with zero attached hydrogens (tertiary/aromatic N) is 6. The average Bonchev–Trinajstić information content (AvgIpc) is 3.40. The van der Waals surface area contributed by atoms with Crippen LogP contribution in [-0.2, 0) is 0 Å². The van der Waals surface area contributed by atoms with E-state index in [2.05, 4.69) is 85.2 Å². The van der Waals surface area contributed by atoms with Gasteiger partial charge in [-0.15, -0.1) is 0 Å². The first-order chi connectivity index (χ1) is 18.5. The number of H-pyrrole nitrogens is 1. The summed E-state index contributed by atoms with van der Waals surface area (Å²) in [5, 5.41) is 4.30. The Labute approximate surface area is 229 Å². The lowest BCUT2D eigenvalue weighted by molar-refractivity contribution is 0.177. The molecule has 2 fully saturated rings. The van der Waals surface area contributed by atoms with Crippen molar-refractivity contribution in [3.63, 3.8) is 0 Å². The number of anilines is 3. The lowest BCUT2D eigenvalue weighted by Gasteiger charge is -2.37. The van der Waals surface area contributed by atoms with Gasteiger partial charge in [-0.05, 0) is 63.1 Å². The molecular formula is C29H35ClN8. The van der Waals surface area contributed by atoms with Crippen molar-refractivity contribution in [2.75, 3.05) is 54.4 Å². The largest absolute Gasteiger partial charge is 0.379 e. The highest BCUT2D eigenvalue weighted by Gasteiger charge is 2.23. The molecule has 0 atom stereocenters. The SMILES string of the molecule is CC(C)N1CCC(Nc2c(Cl)cnc3[nH]c(-c4ccc(N5CCN(c6ccncc6)CC5)cc4)nc23)CC1. The molecule has 1 aromatic carbocycles. The number of hydrogen-bond acceptors (Lipinski definition) is 7. The van der Waals surface area contributed by atoms with Gasteiger partial charge in [0, 0.05) is 80.7 Å². The number of hydrogen-bond donors (Lipinski definition) is 2. The Morgan fingerprint density at radius 2 is 1.53 bits per heavy atom. The van der Waals surface area contributed by atoms with E-state index >= 15 is 0 Å². The minimum absolute atomic E-state index is 0.381. The van der Waals surface area contributed by atoms with Gasteiger partial charge in [-0.2, -0.15) is 0 Å². The van der Waals surface area contributed by atoms with Crippen molar-refractivity contribution in [2.24, 2.45) is 0 Å². The van der Waals surface area contributed by atoms with E-state index in [9.17, 15) is 0 Å². The Hall–Kier alpha value is -3.36. The molecule has 0 unspecified atom stereocenters. The number of fused-ring (bicyclic) bond motifs is 1. The molecule has 8 nitrogen and oxygen atoms in total. The summed E-state index contributed by atoms with van der Waals surface area (Å²) in [5.41, 5.74) is 5.94. The van der Waals surface area contributed by atoms with Gasteiger partial charge in [-0.25, -0.2) is 9.97 Å². The quantitative estimate of drug-likeness (QED) is 0.351. The Morgan fingerprint density at radius 3 is 2.16 bits per heavy atom. The standard InChI is InChI=1S/C29H35ClN8/c1-20(2)36-13-9-22(10-14-36)33-26-25(30)19-32-29-27(26)34-28(35-29)21-3-5-23(6-4-21)37-15-17-38(18-16-37)24-7-11-31-12-8-24/h3-8,11-12,19-20,22H,9-10,13-18H2,1-2H3,(H2,32,33,34,35). The molecule has 6 rings (SSSR count). The summed E-state index contributed by atoms with van der Waals surface area (Å²) in [4.78, 5) is 24.4. The first kappa shape index (κ1) is 24.9. The van der Waals surface area contributed by atoms with Crippen LogP contribution in [0.15, 0.2) is 55.0 Å². The highest BCUT2D eigenvalue weighted by atomic mass is 35.5. The van der Waals surface area contributed by atoms with Gasteiger partial charge < -0.3 is 25.0 Å². The van der Waals surface area contributed by atoms with E-state index in [0.29, 0.717) is 17.1 Å². The highest BCUT2D eigenvalue weighted by Crippen LogP contribution is 2.33. The van der Waals surface area contributed by atoms with E-state index in [1.165, 1.54) is 11.4 Å². The van der Waals surface area contributed by atoms with Crippen molar-refractivity contribution in [1.82, 2.24) is 24.8 Å². The summed E-state index contributed by atoms with van der Waals surface area (Å²) in [6.45, 7) is 10.7. The zero-order valence-corrected chi connectivity index (χ0v) is 22.8. The Bertz CT molecular complexity index is 1350. The van der Waals surface area contributed by atoms with Gasteiger partial charge in [-0.3, -0.25) is 4.98 Å². The van der Waals surface area contributed by atoms with Crippen molar-refractivity contribution in [2.45, 2.75) is 38.8 Å². The van der Waals surface area contributed by atoms with Crippen LogP contribution >= 0.6 is 11.6 Å². The second-order valence-corrected chi connectivity index (χ2v) is 10.9. The first-order valence-corrected chi connectivity index (χ1v) is 14.0. The van der Waals surface area contributed by atoms with Crippen molar-refractivity contribution in [1.29, 1.82) is 0 Å². The fraction of sp³-hybridized carbons (Fsp3) is 0.414. The number of aromatic nitrogens is 4. The predicted octanol–water partition coefficient (Wildman–Crippen LogP) is 5.28. The van der Waals surface area contributed by atoms with Crippen LogP contribution in [0.25, 0.3) is 22.6 Å². The lowest BCUT2D eigenvalue weighted by Crippen LogP contribution is -2.46. The Kier molecular flexibility index (Phi) is 7.08. The number of pyridine rings is 2. The summed E-state index contributed by atoms with van der Waals surface area (Å²) in [6.07, 6.45) is 7.61. The average molecular weight is 531 g/mol. The second-order valence-electron chi connectivity index (χ2n) is 10.5. The fourth-order valence-corrected chi connectivity index (χ4v) is 5.77. The number of piperazine rings is 1. The molecule has 0 aliphatic carbocycles. The Balaban J connectivity index is 1.15. The molecule has 2 aliphatic heterocycles. The number of likely N-dealkylation sites (tertiary alicyclic amines) is 1. The third-order valence-electron chi connectivity index (χ3n) is 7.89. The van der Waals surface area contributed by atoms with E-state index in [0.717, 1.165) is 80.3 Å². The molecule has 198 valence electrons. The van der Waals surface area contributed by atoms with E-state index in [1.54, 1.807) is 6.20 Å². The first-order valence-electron chi connectivity index (χ1n) is 13.6. The smallest absolute Gasteiger partial charge is 0.159 e. The summed E-state index contributed by atoms with van der Waals surface area (Å²) in [5.74, 6) is 0.807. The van der Waals surface area contributed by atoms with Crippen molar-refractivity contribution in [3.05, 3.63) is 60.0 Å². The fourth-order valence-electron chi connectivity index (χ4n) is 5.58. The highest BCUT2D eigenvalue weighted by molar-refractivity contribution is 6.34. The van der Waals surface area contributed by atoms with E-state index in [4.69, 9.17) is 16.6 Å². The molecule has 0 spiro atoms. The van der Waals surface area contributed by atoms with Crippen molar-refractivity contribution >= 4 is 39.8 Å². The number of rotatable bonds is 6. The minimum atomic E-state index is 0.381. The summed E-state index contributed by atoms with van der Waals surface area (Å²) < 4.78 is 0. The van der Waals surface area contributed by atoms with Gasteiger partial charge in [-0.1, -0.05) is 11.6 Å². The maximum atomic E-state index is 6.61. The van der Waals surface area contributed by atoms with Crippen LogP contribution in [0.5, 0.6) is 0 Å². The van der Waals surface area contributed by atoms with Crippen LogP contribution < -0.4 is 15.1 Å². The van der Waals surface area contributed by atoms with Crippen LogP contribution in [0.2, 0.25) is 5.02 Å². The zero-order valence-electron chi connectivity index (χ0n) is 22.1. The van der Waals surface area contributed by atoms with Crippen LogP contribution in [0.1, 0.15) is 26.7 Å². The molecule has 0 radical (unpaired) electrons. The lowest BCUT2D eigenvalue weighted by atomic mass is 10.0. The van der Waals surface area contributed by atoms with Crippen LogP contribution in [0, 0.1) is 0 Å². The topological polar surface area (TPSA) is 76.2 Å². The third-order valence-corrected chi connectivity index (χ3v) is 8.18. The summed E-state index contributed by atoms with van der Waals surface area (Å²) in [7, 11) is 0. The molecule has 0 bridgehead atoms. The van der Waals surface area contributed by atoms with Crippen LogP contribution in [-0.4, -0.2) is 76.2 Å². The molecule has 2 aliphatic rings. The van der Waals surface area contributed by atoms with Gasteiger partial charge in [0.2, 0.25) is 0 Å². The molecular weight excluding hydrogens is 496 g/mol. The molecule has 0 saturated carbocycles. The van der Waals surface area contributed by atoms with Gasteiger partial charge in [0.1, 0.15) is 11.3 Å². The maximum Gasteiger partial charge on any atom is 0.159 e. The van der Waals surface area contributed by atoms with E-state index in [-0.39, 0.29) is 0 Å². The van der Waals surface area contributed by atoms with Gasteiger partial charge >= 0.3 is 0 Å². The normalized spacial score (nSPS) is 17.5. The summed E-state index contributed by atoms with van der Waals surface area (Å²) >= 11 is 6.61. The molecule has 38 heavy (non-hydrogen) atoms. The number of nitrogens with one attached hydrogen (secondary N) is 2. The number of halogens is 1. The minimum Gasteiger partial charge on any atom is -0.379 e. The van der Waals surface area contributed by atoms with Crippen molar-refractivity contribution < 1.29 is 0 Å². The van der Waals surface area contributed by atoms with E-state index < -0.39 is 0 Å². The van der Waals surface area contributed by atoms with Gasteiger partial charge in [0.05, 0.1) is 16.9 Å². The van der Waals surface area contributed by atoms with Crippen molar-refractivity contribution in [3.8, 4) is 11.4 Å². The number of imidazole rings is 1. The molecule has 9 heteroatoms. The molecule has 0 amide bonds. The maximum absolute atomic E-state index is 6.61. The molecule has 3 aromatic heterocycles.